The number of ether oxygens (including phenoxy) is 1. The van der Waals surface area contributed by atoms with Gasteiger partial charge in [-0.15, -0.1) is 0 Å². The van der Waals surface area contributed by atoms with Gasteiger partial charge < -0.3 is 19.4 Å². The molecular formula is C15H26N2O3. The van der Waals surface area contributed by atoms with Crippen LogP contribution in [-0.4, -0.2) is 44.2 Å². The molecule has 1 unspecified atom stereocenters. The van der Waals surface area contributed by atoms with E-state index in [4.69, 9.17) is 9.15 Å². The predicted octanol–water partition coefficient (Wildman–Crippen LogP) is 2.19. The monoisotopic (exact) mass is 282 g/mol. The number of esters is 1. The largest absolute Gasteiger partial charge is 0.465 e. The number of hydrogen-bond donors (Lipinski definition) is 1. The summed E-state index contributed by atoms with van der Waals surface area (Å²) in [6.07, 6.45) is 1.15. The molecule has 1 atom stereocenters. The van der Waals surface area contributed by atoms with Gasteiger partial charge in [0.2, 0.25) is 0 Å². The number of likely N-dealkylation sites (N-methyl/N-ethyl adjacent to an activating group) is 1. The number of hydrogen-bond acceptors (Lipinski definition) is 5. The maximum Gasteiger partial charge on any atom is 0.341 e. The molecule has 114 valence electrons. The first kappa shape index (κ1) is 16.7. The van der Waals surface area contributed by atoms with Crippen molar-refractivity contribution in [3.63, 3.8) is 0 Å². The summed E-state index contributed by atoms with van der Waals surface area (Å²) in [6, 6.07) is 2.33. The van der Waals surface area contributed by atoms with Crippen molar-refractivity contribution in [3.05, 3.63) is 23.2 Å². The van der Waals surface area contributed by atoms with Crippen LogP contribution in [0.1, 0.15) is 42.1 Å². The van der Waals surface area contributed by atoms with Crippen molar-refractivity contribution in [1.82, 2.24) is 10.2 Å². The molecule has 1 heterocycles. The van der Waals surface area contributed by atoms with Gasteiger partial charge in [-0.05, 0) is 33.4 Å². The molecule has 5 nitrogen and oxygen atoms in total. The molecule has 0 aromatic carbocycles. The zero-order valence-electron chi connectivity index (χ0n) is 13.2. The van der Waals surface area contributed by atoms with E-state index >= 15 is 0 Å². The molecular weight excluding hydrogens is 256 g/mol. The highest BCUT2D eigenvalue weighted by Crippen LogP contribution is 2.15. The molecule has 0 amide bonds. The molecule has 1 aromatic heterocycles. The van der Waals surface area contributed by atoms with Gasteiger partial charge in [0.25, 0.3) is 0 Å². The number of rotatable bonds is 8. The first-order chi connectivity index (χ1) is 9.49. The fourth-order valence-corrected chi connectivity index (χ4v) is 1.94. The van der Waals surface area contributed by atoms with E-state index < -0.39 is 0 Å². The van der Waals surface area contributed by atoms with Crippen LogP contribution >= 0.6 is 0 Å². The van der Waals surface area contributed by atoms with Gasteiger partial charge >= 0.3 is 5.97 Å². The van der Waals surface area contributed by atoms with Crippen molar-refractivity contribution in [2.75, 3.05) is 27.2 Å². The fourth-order valence-electron chi connectivity index (χ4n) is 1.94. The Hall–Kier alpha value is -1.33. The van der Waals surface area contributed by atoms with E-state index in [1.807, 2.05) is 0 Å². The Labute approximate surface area is 121 Å². The van der Waals surface area contributed by atoms with Crippen molar-refractivity contribution in [1.29, 1.82) is 0 Å². The molecule has 0 spiro atoms. The minimum Gasteiger partial charge on any atom is -0.465 e. The van der Waals surface area contributed by atoms with Crippen LogP contribution in [-0.2, 0) is 11.3 Å². The molecule has 0 aliphatic rings. The topological polar surface area (TPSA) is 54.7 Å². The third-order valence-electron chi connectivity index (χ3n) is 3.66. The van der Waals surface area contributed by atoms with E-state index in [2.05, 4.69) is 31.1 Å². The molecule has 0 aliphatic heterocycles. The maximum absolute atomic E-state index is 11.5. The third kappa shape index (κ3) is 4.65. The van der Waals surface area contributed by atoms with Gasteiger partial charge in [0, 0.05) is 19.1 Å². The van der Waals surface area contributed by atoms with Crippen LogP contribution in [0.5, 0.6) is 0 Å². The molecule has 20 heavy (non-hydrogen) atoms. The fraction of sp³-hybridized carbons (Fsp3) is 0.667. The van der Waals surface area contributed by atoms with Gasteiger partial charge in [0.15, 0.2) is 0 Å². The summed E-state index contributed by atoms with van der Waals surface area (Å²) in [5.74, 6) is 1.01. The van der Waals surface area contributed by atoms with Crippen molar-refractivity contribution in [2.45, 2.75) is 39.8 Å². The summed E-state index contributed by atoms with van der Waals surface area (Å²) in [5.41, 5.74) is 0.501. The SMILES string of the molecule is CCC(C)N(C)CCNCc1cc(C(=O)OC)c(C)o1. The zero-order chi connectivity index (χ0) is 15.1. The Morgan fingerprint density at radius 1 is 1.55 bits per heavy atom. The van der Waals surface area contributed by atoms with Crippen LogP contribution < -0.4 is 5.32 Å². The molecule has 1 N–H and O–H groups in total. The van der Waals surface area contributed by atoms with Crippen molar-refractivity contribution in [2.24, 2.45) is 0 Å². The van der Waals surface area contributed by atoms with Crippen LogP contribution in [0, 0.1) is 6.92 Å². The van der Waals surface area contributed by atoms with Gasteiger partial charge in [-0.2, -0.15) is 0 Å². The van der Waals surface area contributed by atoms with Crippen LogP contribution in [0.25, 0.3) is 0 Å². The molecule has 0 saturated carbocycles. The number of furan rings is 1. The number of carbonyl (C=O) groups is 1. The Kier molecular flexibility index (Phi) is 6.75. The van der Waals surface area contributed by atoms with Crippen LogP contribution in [0.3, 0.4) is 0 Å². The highest BCUT2D eigenvalue weighted by Gasteiger charge is 2.15. The molecule has 0 bridgehead atoms. The first-order valence-corrected chi connectivity index (χ1v) is 7.08. The molecule has 1 aromatic rings. The second kappa shape index (κ2) is 8.07. The standard InChI is InChI=1S/C15H26N2O3/c1-6-11(2)17(4)8-7-16-10-13-9-14(12(3)20-13)15(18)19-5/h9,11,16H,6-8,10H2,1-5H3. The zero-order valence-corrected chi connectivity index (χ0v) is 13.2. The van der Waals surface area contributed by atoms with Gasteiger partial charge in [-0.1, -0.05) is 6.92 Å². The number of aryl methyl sites for hydroxylation is 1. The number of carbonyl (C=O) groups excluding carboxylic acids is 1. The third-order valence-corrected chi connectivity index (χ3v) is 3.66. The lowest BCUT2D eigenvalue weighted by molar-refractivity contribution is 0.0599. The molecule has 5 heteroatoms. The summed E-state index contributed by atoms with van der Waals surface area (Å²) in [5, 5.41) is 3.32. The minimum atomic E-state index is -0.353. The number of methoxy groups -OCH3 is 1. The lowest BCUT2D eigenvalue weighted by atomic mass is 10.2. The summed E-state index contributed by atoms with van der Waals surface area (Å²) in [4.78, 5) is 13.8. The van der Waals surface area contributed by atoms with Crippen molar-refractivity contribution >= 4 is 5.97 Å². The Morgan fingerprint density at radius 3 is 2.85 bits per heavy atom. The highest BCUT2D eigenvalue weighted by atomic mass is 16.5. The average Bonchev–Trinajstić information content (AvgIpc) is 2.82. The Morgan fingerprint density at radius 2 is 2.25 bits per heavy atom. The second-order valence-corrected chi connectivity index (χ2v) is 5.09. The lowest BCUT2D eigenvalue weighted by Gasteiger charge is -2.23. The first-order valence-electron chi connectivity index (χ1n) is 7.08. The van der Waals surface area contributed by atoms with E-state index in [1.165, 1.54) is 7.11 Å². The van der Waals surface area contributed by atoms with E-state index in [0.29, 0.717) is 23.9 Å². The van der Waals surface area contributed by atoms with Gasteiger partial charge in [0.1, 0.15) is 17.1 Å². The summed E-state index contributed by atoms with van der Waals surface area (Å²) >= 11 is 0. The van der Waals surface area contributed by atoms with E-state index in [-0.39, 0.29) is 5.97 Å². The number of nitrogens with one attached hydrogen (secondary N) is 1. The van der Waals surface area contributed by atoms with Crippen LogP contribution in [0.4, 0.5) is 0 Å². The summed E-state index contributed by atoms with van der Waals surface area (Å²) in [6.45, 7) is 8.67. The van der Waals surface area contributed by atoms with E-state index in [0.717, 1.165) is 25.3 Å². The summed E-state index contributed by atoms with van der Waals surface area (Å²) in [7, 11) is 3.50. The summed E-state index contributed by atoms with van der Waals surface area (Å²) < 4.78 is 10.2. The highest BCUT2D eigenvalue weighted by molar-refractivity contribution is 5.90. The molecule has 0 fully saturated rings. The second-order valence-electron chi connectivity index (χ2n) is 5.09. The van der Waals surface area contributed by atoms with E-state index in [1.54, 1.807) is 13.0 Å². The van der Waals surface area contributed by atoms with Crippen LogP contribution in [0.2, 0.25) is 0 Å². The Bertz CT molecular complexity index is 429. The van der Waals surface area contributed by atoms with Crippen molar-refractivity contribution < 1.29 is 13.9 Å². The molecule has 0 radical (unpaired) electrons. The van der Waals surface area contributed by atoms with Crippen molar-refractivity contribution in [3.8, 4) is 0 Å². The normalized spacial score (nSPS) is 12.7. The minimum absolute atomic E-state index is 0.353. The number of nitrogens with zero attached hydrogens (tertiary/aromatic N) is 1. The quantitative estimate of drug-likeness (QED) is 0.585. The molecule has 0 saturated heterocycles. The maximum atomic E-state index is 11.5. The van der Waals surface area contributed by atoms with Crippen LogP contribution in [0.15, 0.2) is 10.5 Å². The molecule has 1 rings (SSSR count). The Balaban J connectivity index is 2.38. The van der Waals surface area contributed by atoms with Gasteiger partial charge in [-0.25, -0.2) is 4.79 Å². The smallest absolute Gasteiger partial charge is 0.341 e. The van der Waals surface area contributed by atoms with Gasteiger partial charge in [0.05, 0.1) is 13.7 Å². The van der Waals surface area contributed by atoms with E-state index in [9.17, 15) is 4.79 Å². The lowest BCUT2D eigenvalue weighted by Crippen LogP contribution is -2.34. The molecule has 0 aliphatic carbocycles. The average molecular weight is 282 g/mol. The predicted molar refractivity (Wildman–Crippen MR) is 78.9 cm³/mol. The van der Waals surface area contributed by atoms with Gasteiger partial charge in [-0.3, -0.25) is 0 Å².